The zero-order valence-corrected chi connectivity index (χ0v) is 10.6. The Morgan fingerprint density at radius 1 is 1.57 bits per heavy atom. The predicted molar refractivity (Wildman–Crippen MR) is 64.0 cm³/mol. The second-order valence-electron chi connectivity index (χ2n) is 4.35. The van der Waals surface area contributed by atoms with E-state index in [4.69, 9.17) is 0 Å². The lowest BCUT2D eigenvalue weighted by Gasteiger charge is -2.14. The molecule has 14 heavy (non-hydrogen) atoms. The van der Waals surface area contributed by atoms with Crippen LogP contribution in [0.3, 0.4) is 0 Å². The number of rotatable bonds is 4. The van der Waals surface area contributed by atoms with Crippen molar-refractivity contribution in [2.75, 3.05) is 17.6 Å². The monoisotopic (exact) mass is 277 g/mol. The van der Waals surface area contributed by atoms with Gasteiger partial charge in [0.25, 0.3) is 0 Å². The van der Waals surface area contributed by atoms with Gasteiger partial charge in [-0.1, -0.05) is 15.9 Å². The van der Waals surface area contributed by atoms with Crippen molar-refractivity contribution in [1.29, 1.82) is 0 Å². The van der Waals surface area contributed by atoms with Gasteiger partial charge in [-0.25, -0.2) is 0 Å². The Morgan fingerprint density at radius 2 is 2.36 bits per heavy atom. The molecule has 0 aromatic carbocycles. The number of halogens is 1. The SMILES string of the molecule is O=C(NCC1(CBr)CC1)C1CCCS1. The van der Waals surface area contributed by atoms with Gasteiger partial charge in [-0.2, -0.15) is 0 Å². The summed E-state index contributed by atoms with van der Waals surface area (Å²) >= 11 is 5.32. The average Bonchev–Trinajstić information content (AvgIpc) is 2.78. The van der Waals surface area contributed by atoms with Crippen molar-refractivity contribution in [1.82, 2.24) is 5.32 Å². The lowest BCUT2D eigenvalue weighted by Crippen LogP contribution is -2.36. The molecule has 1 atom stereocenters. The van der Waals surface area contributed by atoms with Crippen molar-refractivity contribution in [3.05, 3.63) is 0 Å². The first-order valence-corrected chi connectivity index (χ1v) is 7.38. The van der Waals surface area contributed by atoms with Crippen LogP contribution in [-0.2, 0) is 4.79 Å². The molecule has 1 N–H and O–H groups in total. The molecule has 0 aromatic rings. The Labute approximate surface area is 97.7 Å². The minimum Gasteiger partial charge on any atom is -0.355 e. The van der Waals surface area contributed by atoms with Crippen LogP contribution in [0.5, 0.6) is 0 Å². The molecular weight excluding hydrogens is 262 g/mol. The summed E-state index contributed by atoms with van der Waals surface area (Å²) in [4.78, 5) is 11.7. The van der Waals surface area contributed by atoms with Crippen molar-refractivity contribution in [3.63, 3.8) is 0 Å². The third-order valence-electron chi connectivity index (χ3n) is 3.10. The quantitative estimate of drug-likeness (QED) is 0.799. The van der Waals surface area contributed by atoms with Gasteiger partial charge >= 0.3 is 0 Å². The first kappa shape index (κ1) is 10.8. The summed E-state index contributed by atoms with van der Waals surface area (Å²) in [7, 11) is 0. The van der Waals surface area contributed by atoms with E-state index in [-0.39, 0.29) is 11.2 Å². The van der Waals surface area contributed by atoms with Crippen LogP contribution in [0.2, 0.25) is 0 Å². The van der Waals surface area contributed by atoms with Crippen LogP contribution in [0, 0.1) is 5.41 Å². The molecule has 2 nitrogen and oxygen atoms in total. The van der Waals surface area contributed by atoms with Crippen LogP contribution >= 0.6 is 27.7 Å². The number of hydrogen-bond acceptors (Lipinski definition) is 2. The third kappa shape index (κ3) is 2.45. The summed E-state index contributed by atoms with van der Waals surface area (Å²) in [6.07, 6.45) is 4.79. The Bertz CT molecular complexity index is 224. The van der Waals surface area contributed by atoms with Crippen LogP contribution in [0.4, 0.5) is 0 Å². The van der Waals surface area contributed by atoms with Gasteiger partial charge in [-0.3, -0.25) is 4.79 Å². The first-order chi connectivity index (χ1) is 6.76. The van der Waals surface area contributed by atoms with Gasteiger partial charge in [0.05, 0.1) is 5.25 Å². The number of alkyl halides is 1. The van der Waals surface area contributed by atoms with E-state index in [1.807, 2.05) is 0 Å². The summed E-state index contributed by atoms with van der Waals surface area (Å²) in [6, 6.07) is 0. The molecule has 1 aliphatic heterocycles. The van der Waals surface area contributed by atoms with Crippen LogP contribution in [-0.4, -0.2) is 28.8 Å². The van der Waals surface area contributed by atoms with Crippen LogP contribution < -0.4 is 5.32 Å². The average molecular weight is 278 g/mol. The fraction of sp³-hybridized carbons (Fsp3) is 0.900. The number of carbonyl (C=O) groups excluding carboxylic acids is 1. The lowest BCUT2D eigenvalue weighted by atomic mass is 10.1. The predicted octanol–water partition coefficient (Wildman–Crippen LogP) is 2.17. The number of carbonyl (C=O) groups is 1. The summed E-state index contributed by atoms with van der Waals surface area (Å²) in [5.74, 6) is 1.42. The van der Waals surface area contributed by atoms with Gasteiger partial charge in [0.1, 0.15) is 0 Å². The Kier molecular flexibility index (Phi) is 3.42. The fourth-order valence-electron chi connectivity index (χ4n) is 1.71. The van der Waals surface area contributed by atoms with E-state index in [0.717, 1.165) is 24.0 Å². The van der Waals surface area contributed by atoms with Crippen molar-refractivity contribution < 1.29 is 4.79 Å². The van der Waals surface area contributed by atoms with Crippen LogP contribution in [0.1, 0.15) is 25.7 Å². The van der Waals surface area contributed by atoms with E-state index in [1.165, 1.54) is 19.3 Å². The molecule has 2 aliphatic rings. The highest BCUT2D eigenvalue weighted by Gasteiger charge is 2.41. The second-order valence-corrected chi connectivity index (χ2v) is 6.22. The Balaban J connectivity index is 1.72. The molecule has 80 valence electrons. The molecule has 1 aliphatic carbocycles. The second kappa shape index (κ2) is 4.44. The zero-order chi connectivity index (χ0) is 10.0. The van der Waals surface area contributed by atoms with Crippen molar-refractivity contribution in [3.8, 4) is 0 Å². The van der Waals surface area contributed by atoms with Crippen molar-refractivity contribution >= 4 is 33.6 Å². The molecule has 0 aromatic heterocycles. The van der Waals surface area contributed by atoms with E-state index >= 15 is 0 Å². The molecule has 2 fully saturated rings. The number of amides is 1. The number of hydrogen-bond donors (Lipinski definition) is 1. The topological polar surface area (TPSA) is 29.1 Å². The molecule has 1 heterocycles. The van der Waals surface area contributed by atoms with Gasteiger partial charge in [-0.05, 0) is 36.9 Å². The third-order valence-corrected chi connectivity index (χ3v) is 5.67. The van der Waals surface area contributed by atoms with E-state index < -0.39 is 0 Å². The van der Waals surface area contributed by atoms with Gasteiger partial charge in [0.2, 0.25) is 5.91 Å². The van der Waals surface area contributed by atoms with E-state index in [2.05, 4.69) is 21.2 Å². The maximum atomic E-state index is 11.7. The summed E-state index contributed by atoms with van der Waals surface area (Å²) < 4.78 is 0. The largest absolute Gasteiger partial charge is 0.355 e. The van der Waals surface area contributed by atoms with E-state index in [1.54, 1.807) is 11.8 Å². The van der Waals surface area contributed by atoms with E-state index in [9.17, 15) is 4.79 Å². The van der Waals surface area contributed by atoms with Gasteiger partial charge in [0, 0.05) is 11.9 Å². The van der Waals surface area contributed by atoms with Gasteiger partial charge in [-0.15, -0.1) is 11.8 Å². The standard InChI is InChI=1S/C10H16BrNOS/c11-6-10(3-4-10)7-12-9(13)8-2-1-5-14-8/h8H,1-7H2,(H,12,13). The lowest BCUT2D eigenvalue weighted by molar-refractivity contribution is -0.120. The number of nitrogens with one attached hydrogen (secondary N) is 1. The minimum atomic E-state index is 0.237. The smallest absolute Gasteiger partial charge is 0.233 e. The Hall–Kier alpha value is 0.300. The highest BCUT2D eigenvalue weighted by molar-refractivity contribution is 9.09. The highest BCUT2D eigenvalue weighted by atomic mass is 79.9. The molecule has 0 bridgehead atoms. The minimum absolute atomic E-state index is 0.237. The van der Waals surface area contributed by atoms with E-state index in [0.29, 0.717) is 5.41 Å². The molecule has 1 saturated heterocycles. The normalized spacial score (nSPS) is 28.8. The summed E-state index contributed by atoms with van der Waals surface area (Å²) in [5.41, 5.74) is 0.402. The molecule has 1 unspecified atom stereocenters. The van der Waals surface area contributed by atoms with Crippen LogP contribution in [0.25, 0.3) is 0 Å². The molecule has 1 saturated carbocycles. The first-order valence-electron chi connectivity index (χ1n) is 5.21. The number of thioether (sulfide) groups is 1. The Morgan fingerprint density at radius 3 is 2.86 bits per heavy atom. The molecular formula is C10H16BrNOS. The van der Waals surface area contributed by atoms with Gasteiger partial charge < -0.3 is 5.32 Å². The van der Waals surface area contributed by atoms with Crippen molar-refractivity contribution in [2.24, 2.45) is 5.41 Å². The molecule has 1 amide bonds. The molecule has 4 heteroatoms. The highest BCUT2D eigenvalue weighted by Crippen LogP contribution is 2.46. The summed E-state index contributed by atoms with van der Waals surface area (Å²) in [5, 5.41) is 4.35. The van der Waals surface area contributed by atoms with Crippen LogP contribution in [0.15, 0.2) is 0 Å². The molecule has 0 radical (unpaired) electrons. The molecule has 2 rings (SSSR count). The van der Waals surface area contributed by atoms with Gasteiger partial charge in [0.15, 0.2) is 0 Å². The zero-order valence-electron chi connectivity index (χ0n) is 8.22. The van der Waals surface area contributed by atoms with Crippen molar-refractivity contribution in [2.45, 2.75) is 30.9 Å². The summed E-state index contributed by atoms with van der Waals surface area (Å²) in [6.45, 7) is 0.869. The maximum absolute atomic E-state index is 11.7. The fourth-order valence-corrected chi connectivity index (χ4v) is 3.65. The molecule has 0 spiro atoms. The maximum Gasteiger partial charge on any atom is 0.233 e.